The lowest BCUT2D eigenvalue weighted by molar-refractivity contribution is 0.0357. The SMILES string of the molecule is CCCN(CCC)S(=O)(=O)c1ncc(C(=O)Nc2ncc(Nc3ncnc4cc(OCCCN5CCOCC5)c(OC)cc34)cn2)cn1. The number of hydrogen-bond acceptors (Lipinski definition) is 14. The molecule has 1 aromatic carbocycles. The van der Waals surface area contributed by atoms with Crippen molar-refractivity contribution in [3.63, 3.8) is 0 Å². The zero-order valence-electron chi connectivity index (χ0n) is 27.3. The first kappa shape index (κ1) is 34.7. The van der Waals surface area contributed by atoms with Crippen molar-refractivity contribution in [1.29, 1.82) is 0 Å². The lowest BCUT2D eigenvalue weighted by Crippen LogP contribution is -2.37. The maximum atomic E-state index is 12.9. The molecule has 17 heteroatoms. The van der Waals surface area contributed by atoms with E-state index in [1.54, 1.807) is 7.11 Å². The van der Waals surface area contributed by atoms with Crippen LogP contribution in [0.15, 0.2) is 48.4 Å². The van der Waals surface area contributed by atoms with Gasteiger partial charge < -0.3 is 19.5 Å². The highest BCUT2D eigenvalue weighted by molar-refractivity contribution is 7.88. The zero-order valence-corrected chi connectivity index (χ0v) is 28.1. The van der Waals surface area contributed by atoms with Gasteiger partial charge in [-0.3, -0.25) is 15.0 Å². The summed E-state index contributed by atoms with van der Waals surface area (Å²) in [5.74, 6) is 1.09. The van der Waals surface area contributed by atoms with Crippen LogP contribution in [-0.4, -0.2) is 113 Å². The van der Waals surface area contributed by atoms with Crippen molar-refractivity contribution in [3.8, 4) is 11.5 Å². The van der Waals surface area contributed by atoms with E-state index in [2.05, 4.69) is 45.4 Å². The number of morpholine rings is 1. The van der Waals surface area contributed by atoms with Gasteiger partial charge in [-0.15, -0.1) is 0 Å². The Labute approximate surface area is 279 Å². The number of rotatable bonds is 16. The summed E-state index contributed by atoms with van der Waals surface area (Å²) in [5, 5.41) is 6.10. The number of methoxy groups -OCH3 is 1. The summed E-state index contributed by atoms with van der Waals surface area (Å²) in [4.78, 5) is 40.3. The molecule has 4 aromatic rings. The quantitative estimate of drug-likeness (QED) is 0.130. The minimum Gasteiger partial charge on any atom is -0.493 e. The van der Waals surface area contributed by atoms with Gasteiger partial charge >= 0.3 is 0 Å². The van der Waals surface area contributed by atoms with Crippen LogP contribution in [0.25, 0.3) is 10.9 Å². The van der Waals surface area contributed by atoms with E-state index in [9.17, 15) is 13.2 Å². The molecule has 48 heavy (non-hydrogen) atoms. The Morgan fingerprint density at radius 1 is 0.958 bits per heavy atom. The Morgan fingerprint density at radius 2 is 1.67 bits per heavy atom. The van der Waals surface area contributed by atoms with E-state index >= 15 is 0 Å². The summed E-state index contributed by atoms with van der Waals surface area (Å²) < 4.78 is 44.2. The smallest absolute Gasteiger partial charge is 0.278 e. The molecule has 4 heterocycles. The van der Waals surface area contributed by atoms with Crippen molar-refractivity contribution in [1.82, 2.24) is 39.1 Å². The summed E-state index contributed by atoms with van der Waals surface area (Å²) in [6.07, 6.45) is 8.93. The maximum absolute atomic E-state index is 12.9. The standard InChI is InChI=1S/C31H40N10O6S/c1-4-7-41(8-5-2)48(43,44)31-34-17-22(18-35-31)29(42)39-30-32-19-23(20-33-30)38-28-24-15-26(45-3)27(16-25(24)36-21-37-28)47-12-6-9-40-10-13-46-14-11-40/h15-21H,4-14H2,1-3H3,(H,36,37,38)(H,32,33,39,42). The van der Waals surface area contributed by atoms with Crippen molar-refractivity contribution in [2.75, 3.05) is 70.3 Å². The van der Waals surface area contributed by atoms with Gasteiger partial charge in [0.25, 0.3) is 21.1 Å². The molecule has 1 aliphatic rings. The van der Waals surface area contributed by atoms with E-state index in [4.69, 9.17) is 14.2 Å². The summed E-state index contributed by atoms with van der Waals surface area (Å²) in [6, 6.07) is 3.64. The minimum atomic E-state index is -3.87. The lowest BCUT2D eigenvalue weighted by Gasteiger charge is -2.26. The molecule has 1 amide bonds. The number of amides is 1. The highest BCUT2D eigenvalue weighted by Crippen LogP contribution is 2.34. The fourth-order valence-electron chi connectivity index (χ4n) is 5.03. The summed E-state index contributed by atoms with van der Waals surface area (Å²) in [5.41, 5.74) is 1.22. The molecule has 0 unspecified atom stereocenters. The molecule has 16 nitrogen and oxygen atoms in total. The highest BCUT2D eigenvalue weighted by atomic mass is 32.2. The van der Waals surface area contributed by atoms with Gasteiger partial charge in [0.05, 0.1) is 56.1 Å². The van der Waals surface area contributed by atoms with Gasteiger partial charge in [-0.25, -0.2) is 38.3 Å². The van der Waals surface area contributed by atoms with Crippen LogP contribution in [0.5, 0.6) is 11.5 Å². The summed E-state index contributed by atoms with van der Waals surface area (Å²) in [7, 11) is -2.29. The second kappa shape index (κ2) is 16.5. The van der Waals surface area contributed by atoms with E-state index < -0.39 is 15.9 Å². The normalized spacial score (nSPS) is 13.8. The number of benzene rings is 1. The molecule has 1 saturated heterocycles. The number of anilines is 3. The van der Waals surface area contributed by atoms with Gasteiger partial charge in [0.2, 0.25) is 5.95 Å². The number of carbonyl (C=O) groups is 1. The topological polar surface area (TPSA) is 187 Å². The Bertz CT molecular complexity index is 1770. The number of nitrogens with one attached hydrogen (secondary N) is 2. The van der Waals surface area contributed by atoms with Gasteiger partial charge in [-0.1, -0.05) is 13.8 Å². The van der Waals surface area contributed by atoms with Crippen molar-refractivity contribution >= 4 is 44.3 Å². The largest absolute Gasteiger partial charge is 0.493 e. The van der Waals surface area contributed by atoms with E-state index in [1.807, 2.05) is 26.0 Å². The predicted octanol–water partition coefficient (Wildman–Crippen LogP) is 3.13. The highest BCUT2D eigenvalue weighted by Gasteiger charge is 2.26. The van der Waals surface area contributed by atoms with E-state index in [0.29, 0.717) is 66.4 Å². The Morgan fingerprint density at radius 3 is 2.33 bits per heavy atom. The van der Waals surface area contributed by atoms with Gasteiger partial charge in [0, 0.05) is 56.6 Å². The number of ether oxygens (including phenoxy) is 3. The summed E-state index contributed by atoms with van der Waals surface area (Å²) >= 11 is 0. The van der Waals surface area contributed by atoms with Gasteiger partial charge in [-0.2, -0.15) is 4.31 Å². The number of fused-ring (bicyclic) bond motifs is 1. The third-order valence-corrected chi connectivity index (χ3v) is 9.16. The van der Waals surface area contributed by atoms with Crippen molar-refractivity contribution in [2.45, 2.75) is 38.3 Å². The number of carbonyl (C=O) groups excluding carboxylic acids is 1. The van der Waals surface area contributed by atoms with Crippen LogP contribution in [0.2, 0.25) is 0 Å². The molecule has 1 aliphatic heterocycles. The third kappa shape index (κ3) is 8.66. The molecule has 0 bridgehead atoms. The van der Waals surface area contributed by atoms with Crippen molar-refractivity contribution < 1.29 is 27.4 Å². The second-order valence-electron chi connectivity index (χ2n) is 10.9. The molecule has 0 aliphatic carbocycles. The fraction of sp³-hybridized carbons (Fsp3) is 0.452. The number of nitrogens with zero attached hydrogens (tertiary/aromatic N) is 8. The van der Waals surface area contributed by atoms with E-state index in [1.165, 1.54) is 23.0 Å². The van der Waals surface area contributed by atoms with E-state index in [0.717, 1.165) is 51.7 Å². The first-order valence-electron chi connectivity index (χ1n) is 15.8. The number of aromatic nitrogens is 6. The van der Waals surface area contributed by atoms with Crippen LogP contribution < -0.4 is 20.1 Å². The first-order valence-corrected chi connectivity index (χ1v) is 17.2. The average molecular weight is 681 g/mol. The van der Waals surface area contributed by atoms with Gasteiger partial charge in [0.1, 0.15) is 12.1 Å². The van der Waals surface area contributed by atoms with Crippen LogP contribution in [-0.2, 0) is 14.8 Å². The van der Waals surface area contributed by atoms with Gasteiger partial charge in [0.15, 0.2) is 11.5 Å². The molecule has 0 atom stereocenters. The van der Waals surface area contributed by atoms with E-state index in [-0.39, 0.29) is 16.7 Å². The van der Waals surface area contributed by atoms with Crippen molar-refractivity contribution in [3.05, 3.63) is 48.8 Å². The third-order valence-electron chi connectivity index (χ3n) is 7.45. The van der Waals surface area contributed by atoms with Crippen LogP contribution in [0.3, 0.4) is 0 Å². The molecular formula is C31H40N10O6S. The Kier molecular flexibility index (Phi) is 11.9. The first-order chi connectivity index (χ1) is 23.3. The number of hydrogen-bond donors (Lipinski definition) is 2. The molecule has 3 aromatic heterocycles. The average Bonchev–Trinajstić information content (AvgIpc) is 3.11. The molecule has 5 rings (SSSR count). The summed E-state index contributed by atoms with van der Waals surface area (Å²) in [6.45, 7) is 9.39. The fourth-order valence-corrected chi connectivity index (χ4v) is 6.48. The van der Waals surface area contributed by atoms with Crippen LogP contribution >= 0.6 is 0 Å². The second-order valence-corrected chi connectivity index (χ2v) is 12.8. The Hall–Kier alpha value is -4.58. The number of sulfonamides is 1. The predicted molar refractivity (Wildman–Crippen MR) is 178 cm³/mol. The van der Waals surface area contributed by atoms with Crippen LogP contribution in [0.1, 0.15) is 43.5 Å². The van der Waals surface area contributed by atoms with Crippen LogP contribution in [0.4, 0.5) is 17.5 Å². The maximum Gasteiger partial charge on any atom is 0.278 e. The molecule has 0 radical (unpaired) electrons. The monoisotopic (exact) mass is 680 g/mol. The lowest BCUT2D eigenvalue weighted by atomic mass is 10.2. The zero-order chi connectivity index (χ0) is 33.9. The van der Waals surface area contributed by atoms with Gasteiger partial charge in [-0.05, 0) is 25.3 Å². The molecule has 256 valence electrons. The minimum absolute atomic E-state index is 0.0314. The molecule has 0 saturated carbocycles. The molecule has 1 fully saturated rings. The van der Waals surface area contributed by atoms with Crippen LogP contribution in [0, 0.1) is 0 Å². The Balaban J connectivity index is 1.20. The molecule has 2 N–H and O–H groups in total. The molecule has 0 spiro atoms. The molecular weight excluding hydrogens is 640 g/mol. The van der Waals surface area contributed by atoms with Crippen molar-refractivity contribution in [2.24, 2.45) is 0 Å².